The normalized spacial score (nSPS) is 10.4. The monoisotopic (exact) mass is 184 g/mol. The van der Waals surface area contributed by atoms with Crippen LogP contribution in [0.5, 0.6) is 0 Å². The maximum atomic E-state index is 10.4. The molecule has 0 spiro atoms. The van der Waals surface area contributed by atoms with Crippen molar-refractivity contribution in [2.45, 2.75) is 0 Å². The molecule has 0 saturated heterocycles. The summed E-state index contributed by atoms with van der Waals surface area (Å²) in [6.07, 6.45) is 2.85. The van der Waals surface area contributed by atoms with Crippen LogP contribution < -0.4 is 0 Å². The van der Waals surface area contributed by atoms with Gasteiger partial charge in [-0.2, -0.15) is 0 Å². The van der Waals surface area contributed by atoms with Crippen molar-refractivity contribution in [2.24, 2.45) is 0 Å². The molecule has 0 saturated carbocycles. The molecule has 0 radical (unpaired) electrons. The van der Waals surface area contributed by atoms with Crippen LogP contribution in [0.2, 0.25) is 0 Å². The summed E-state index contributed by atoms with van der Waals surface area (Å²) >= 11 is 5.27. The Kier molecular flexibility index (Phi) is 2.76. The van der Waals surface area contributed by atoms with Crippen molar-refractivity contribution in [1.82, 2.24) is 4.98 Å². The van der Waals surface area contributed by atoms with Crippen molar-refractivity contribution < 1.29 is 4.92 Å². The van der Waals surface area contributed by atoms with Crippen LogP contribution in [0.3, 0.4) is 0 Å². The summed E-state index contributed by atoms with van der Waals surface area (Å²) in [5.74, 6) is 0. The molecule has 0 N–H and O–H groups in total. The Bertz CT molecular complexity index is 325. The topological polar surface area (TPSA) is 56.0 Å². The molecule has 0 aliphatic rings. The molecule has 0 aliphatic heterocycles. The Morgan fingerprint density at radius 3 is 3.00 bits per heavy atom. The van der Waals surface area contributed by atoms with E-state index < -0.39 is 4.92 Å². The standard InChI is InChI=1S/C7H5ClN2O2/c8-4-3-6-7(10(11)12)2-1-5-9-6/h1-5H. The van der Waals surface area contributed by atoms with E-state index in [0.717, 1.165) is 0 Å². The van der Waals surface area contributed by atoms with Gasteiger partial charge >= 0.3 is 0 Å². The molecule has 1 aromatic rings. The Balaban J connectivity index is 3.17. The lowest BCUT2D eigenvalue weighted by molar-refractivity contribution is -0.385. The van der Waals surface area contributed by atoms with Crippen LogP contribution >= 0.6 is 11.6 Å². The average Bonchev–Trinajstić information content (AvgIpc) is 2.05. The van der Waals surface area contributed by atoms with Crippen LogP contribution in [0.15, 0.2) is 23.9 Å². The Morgan fingerprint density at radius 2 is 2.42 bits per heavy atom. The molecule has 1 heterocycles. The molecule has 4 nitrogen and oxygen atoms in total. The van der Waals surface area contributed by atoms with Crippen molar-refractivity contribution in [3.63, 3.8) is 0 Å². The first-order valence-corrected chi connectivity index (χ1v) is 3.55. The second kappa shape index (κ2) is 3.82. The highest BCUT2D eigenvalue weighted by Gasteiger charge is 2.10. The first kappa shape index (κ1) is 8.67. The van der Waals surface area contributed by atoms with E-state index in [1.54, 1.807) is 0 Å². The van der Waals surface area contributed by atoms with Crippen LogP contribution in [-0.4, -0.2) is 9.91 Å². The van der Waals surface area contributed by atoms with Gasteiger partial charge in [0.1, 0.15) is 5.69 Å². The zero-order chi connectivity index (χ0) is 8.97. The number of nitro groups is 1. The molecule has 0 atom stereocenters. The molecule has 0 unspecified atom stereocenters. The summed E-state index contributed by atoms with van der Waals surface area (Å²) < 4.78 is 0. The molecule has 1 rings (SSSR count). The van der Waals surface area contributed by atoms with Gasteiger partial charge in [0.05, 0.1) is 4.92 Å². The Morgan fingerprint density at radius 1 is 1.67 bits per heavy atom. The van der Waals surface area contributed by atoms with Gasteiger partial charge < -0.3 is 0 Å². The number of hydrogen-bond donors (Lipinski definition) is 0. The third-order valence-electron chi connectivity index (χ3n) is 1.23. The number of rotatable bonds is 2. The summed E-state index contributed by atoms with van der Waals surface area (Å²) in [6, 6.07) is 2.88. The highest BCUT2D eigenvalue weighted by molar-refractivity contribution is 6.27. The van der Waals surface area contributed by atoms with Gasteiger partial charge in [-0.3, -0.25) is 10.1 Å². The van der Waals surface area contributed by atoms with Crippen molar-refractivity contribution in [3.8, 4) is 0 Å². The van der Waals surface area contributed by atoms with Crippen LogP contribution in [0, 0.1) is 10.1 Å². The van der Waals surface area contributed by atoms with Crippen molar-refractivity contribution in [1.29, 1.82) is 0 Å². The van der Waals surface area contributed by atoms with Gasteiger partial charge in [0.25, 0.3) is 5.69 Å². The third kappa shape index (κ3) is 1.79. The predicted octanol–water partition coefficient (Wildman–Crippen LogP) is 2.20. The largest absolute Gasteiger partial charge is 0.294 e. The molecule has 62 valence electrons. The van der Waals surface area contributed by atoms with Gasteiger partial charge in [0.2, 0.25) is 0 Å². The Hall–Kier alpha value is -1.42. The maximum Gasteiger partial charge on any atom is 0.294 e. The minimum absolute atomic E-state index is 0.0469. The molecule has 0 bridgehead atoms. The SMILES string of the molecule is O=[N+]([O-])c1cccnc1C=CCl. The number of pyridine rings is 1. The number of nitrogens with zero attached hydrogens (tertiary/aromatic N) is 2. The van der Waals surface area contributed by atoms with E-state index in [1.807, 2.05) is 0 Å². The fourth-order valence-electron chi connectivity index (χ4n) is 0.751. The van der Waals surface area contributed by atoms with Crippen LogP contribution in [-0.2, 0) is 0 Å². The average molecular weight is 185 g/mol. The summed E-state index contributed by atoms with van der Waals surface area (Å²) in [5.41, 5.74) is 1.40. The molecule has 12 heavy (non-hydrogen) atoms. The minimum atomic E-state index is -0.501. The molecule has 1 aromatic heterocycles. The zero-order valence-electron chi connectivity index (χ0n) is 5.98. The van der Waals surface area contributed by atoms with Gasteiger partial charge in [0.15, 0.2) is 0 Å². The molecule has 0 aliphatic carbocycles. The highest BCUT2D eigenvalue weighted by Crippen LogP contribution is 2.16. The van der Waals surface area contributed by atoms with Crippen LogP contribution in [0.1, 0.15) is 5.69 Å². The van der Waals surface area contributed by atoms with E-state index in [4.69, 9.17) is 11.6 Å². The summed E-state index contributed by atoms with van der Waals surface area (Å²) in [5, 5.41) is 10.4. The van der Waals surface area contributed by atoms with Gasteiger partial charge in [-0.1, -0.05) is 11.6 Å². The quantitative estimate of drug-likeness (QED) is 0.523. The van der Waals surface area contributed by atoms with Crippen LogP contribution in [0.4, 0.5) is 5.69 Å². The molecule has 0 aromatic carbocycles. The summed E-state index contributed by atoms with van der Waals surface area (Å²) in [4.78, 5) is 13.7. The molecule has 0 amide bonds. The summed E-state index contributed by atoms with van der Waals surface area (Å²) in [7, 11) is 0. The first-order chi connectivity index (χ1) is 5.75. The second-order valence-electron chi connectivity index (χ2n) is 1.96. The third-order valence-corrected chi connectivity index (χ3v) is 1.36. The zero-order valence-corrected chi connectivity index (χ0v) is 6.73. The van der Waals surface area contributed by atoms with Crippen molar-refractivity contribution >= 4 is 23.4 Å². The van der Waals surface area contributed by atoms with E-state index in [1.165, 1.54) is 29.9 Å². The molecule has 5 heteroatoms. The van der Waals surface area contributed by atoms with E-state index in [-0.39, 0.29) is 11.4 Å². The van der Waals surface area contributed by atoms with Gasteiger partial charge in [-0.25, -0.2) is 4.98 Å². The number of halogens is 1. The smallest absolute Gasteiger partial charge is 0.258 e. The first-order valence-electron chi connectivity index (χ1n) is 3.12. The number of aromatic nitrogens is 1. The second-order valence-corrected chi connectivity index (χ2v) is 2.21. The van der Waals surface area contributed by atoms with E-state index in [9.17, 15) is 10.1 Å². The van der Waals surface area contributed by atoms with E-state index in [2.05, 4.69) is 4.98 Å². The van der Waals surface area contributed by atoms with E-state index in [0.29, 0.717) is 0 Å². The van der Waals surface area contributed by atoms with Crippen molar-refractivity contribution in [2.75, 3.05) is 0 Å². The fourth-order valence-corrected chi connectivity index (χ4v) is 0.871. The van der Waals surface area contributed by atoms with Crippen LogP contribution in [0.25, 0.3) is 6.08 Å². The van der Waals surface area contributed by atoms with E-state index >= 15 is 0 Å². The lowest BCUT2D eigenvalue weighted by Crippen LogP contribution is -1.92. The van der Waals surface area contributed by atoms with Gasteiger partial charge in [-0.15, -0.1) is 0 Å². The number of hydrogen-bond acceptors (Lipinski definition) is 3. The minimum Gasteiger partial charge on any atom is -0.258 e. The lowest BCUT2D eigenvalue weighted by atomic mass is 10.3. The van der Waals surface area contributed by atoms with Crippen molar-refractivity contribution in [3.05, 3.63) is 39.7 Å². The molecular weight excluding hydrogens is 180 g/mol. The summed E-state index contributed by atoms with van der Waals surface area (Å²) in [6.45, 7) is 0. The lowest BCUT2D eigenvalue weighted by Gasteiger charge is -1.93. The fraction of sp³-hybridized carbons (Fsp3) is 0. The van der Waals surface area contributed by atoms with Gasteiger partial charge in [0, 0.05) is 17.8 Å². The maximum absolute atomic E-state index is 10.4. The molecular formula is C7H5ClN2O2. The Labute approximate surface area is 73.6 Å². The predicted molar refractivity (Wildman–Crippen MR) is 45.8 cm³/mol. The molecule has 0 fully saturated rings. The van der Waals surface area contributed by atoms with Gasteiger partial charge in [-0.05, 0) is 12.1 Å². The highest BCUT2D eigenvalue weighted by atomic mass is 35.5.